The Morgan fingerprint density at radius 2 is 2.38 bits per heavy atom. The molecular weight excluding hydrogens is 314 g/mol. The van der Waals surface area contributed by atoms with E-state index in [-0.39, 0.29) is 0 Å². The van der Waals surface area contributed by atoms with Crippen LogP contribution in [0.5, 0.6) is 0 Å². The third kappa shape index (κ3) is 2.11. The number of hydrogen-bond donors (Lipinski definition) is 1. The standard InChI is InChI=1S/C9H6BrNO3S2/c1-13-8(12)6-7(16-9(15)11-6)4-2-3-5(10)14-4/h2-3H,1H3,(H,11,15). The van der Waals surface area contributed by atoms with Crippen LogP contribution in [-0.2, 0) is 4.74 Å². The third-order valence-corrected chi connectivity index (χ3v) is 3.51. The lowest BCUT2D eigenvalue weighted by Gasteiger charge is -1.97. The summed E-state index contributed by atoms with van der Waals surface area (Å²) in [6, 6.07) is 3.50. The Labute approximate surface area is 108 Å². The molecule has 0 aliphatic heterocycles. The van der Waals surface area contributed by atoms with Crippen LogP contribution in [0.15, 0.2) is 21.2 Å². The van der Waals surface area contributed by atoms with Crippen LogP contribution >= 0.6 is 39.5 Å². The number of rotatable bonds is 2. The molecule has 1 N–H and O–H groups in total. The molecule has 16 heavy (non-hydrogen) atoms. The van der Waals surface area contributed by atoms with E-state index < -0.39 is 5.97 Å². The summed E-state index contributed by atoms with van der Waals surface area (Å²) < 4.78 is 11.1. The summed E-state index contributed by atoms with van der Waals surface area (Å²) in [6.07, 6.45) is 0. The number of halogens is 1. The summed E-state index contributed by atoms with van der Waals surface area (Å²) in [5.74, 6) is 0.111. The summed E-state index contributed by atoms with van der Waals surface area (Å²) in [6.45, 7) is 0. The molecule has 2 aromatic heterocycles. The number of H-pyrrole nitrogens is 1. The molecule has 0 saturated carbocycles. The van der Waals surface area contributed by atoms with Crippen LogP contribution in [0.2, 0.25) is 0 Å². The molecule has 0 atom stereocenters. The number of thiazole rings is 1. The Balaban J connectivity index is 2.56. The Morgan fingerprint density at radius 3 is 2.94 bits per heavy atom. The minimum Gasteiger partial charge on any atom is -0.464 e. The van der Waals surface area contributed by atoms with Gasteiger partial charge in [0, 0.05) is 0 Å². The number of carbonyl (C=O) groups excluding carboxylic acids is 1. The van der Waals surface area contributed by atoms with Gasteiger partial charge in [0.05, 0.1) is 7.11 Å². The first-order valence-electron chi connectivity index (χ1n) is 4.19. The molecule has 0 aliphatic rings. The molecule has 2 aromatic rings. The molecule has 84 valence electrons. The van der Waals surface area contributed by atoms with Crippen molar-refractivity contribution < 1.29 is 13.9 Å². The average molecular weight is 320 g/mol. The molecule has 4 nitrogen and oxygen atoms in total. The Morgan fingerprint density at radius 1 is 1.62 bits per heavy atom. The highest BCUT2D eigenvalue weighted by atomic mass is 79.9. The predicted octanol–water partition coefficient (Wildman–Crippen LogP) is 3.61. The summed E-state index contributed by atoms with van der Waals surface area (Å²) >= 11 is 9.46. The van der Waals surface area contributed by atoms with Gasteiger partial charge in [0.15, 0.2) is 8.62 Å². The van der Waals surface area contributed by atoms with E-state index in [1.54, 1.807) is 12.1 Å². The lowest BCUT2D eigenvalue weighted by molar-refractivity contribution is 0.0595. The predicted molar refractivity (Wildman–Crippen MR) is 66.2 cm³/mol. The van der Waals surface area contributed by atoms with E-state index in [9.17, 15) is 4.79 Å². The Hall–Kier alpha value is -0.920. The molecule has 7 heteroatoms. The van der Waals surface area contributed by atoms with Crippen LogP contribution in [0.1, 0.15) is 10.5 Å². The van der Waals surface area contributed by atoms with E-state index in [0.29, 0.717) is 25.0 Å². The lowest BCUT2D eigenvalue weighted by Crippen LogP contribution is -2.02. The fraction of sp³-hybridized carbons (Fsp3) is 0.111. The van der Waals surface area contributed by atoms with Crippen LogP contribution in [0.4, 0.5) is 0 Å². The highest BCUT2D eigenvalue weighted by molar-refractivity contribution is 9.10. The van der Waals surface area contributed by atoms with Crippen molar-refractivity contribution in [1.29, 1.82) is 0 Å². The van der Waals surface area contributed by atoms with Gasteiger partial charge >= 0.3 is 5.97 Å². The van der Waals surface area contributed by atoms with Crippen molar-refractivity contribution in [1.82, 2.24) is 4.98 Å². The van der Waals surface area contributed by atoms with Crippen molar-refractivity contribution in [3.8, 4) is 10.6 Å². The van der Waals surface area contributed by atoms with Crippen LogP contribution < -0.4 is 0 Å². The maximum absolute atomic E-state index is 11.5. The number of methoxy groups -OCH3 is 1. The summed E-state index contributed by atoms with van der Waals surface area (Å²) in [5, 5.41) is 0. The first kappa shape index (κ1) is 11.6. The number of carbonyl (C=O) groups is 1. The maximum Gasteiger partial charge on any atom is 0.356 e. The van der Waals surface area contributed by atoms with Gasteiger partial charge < -0.3 is 14.1 Å². The van der Waals surface area contributed by atoms with E-state index >= 15 is 0 Å². The molecular formula is C9H6BrNO3S2. The number of nitrogens with one attached hydrogen (secondary N) is 1. The van der Waals surface area contributed by atoms with E-state index in [1.165, 1.54) is 18.4 Å². The lowest BCUT2D eigenvalue weighted by atomic mass is 10.3. The SMILES string of the molecule is COC(=O)c1[nH]c(=S)sc1-c1ccc(Br)o1. The second-order valence-electron chi connectivity index (χ2n) is 2.81. The van der Waals surface area contributed by atoms with Gasteiger partial charge in [0.1, 0.15) is 16.3 Å². The second kappa shape index (κ2) is 4.52. The van der Waals surface area contributed by atoms with Gasteiger partial charge in [-0.1, -0.05) is 0 Å². The number of aromatic nitrogens is 1. The molecule has 0 fully saturated rings. The largest absolute Gasteiger partial charge is 0.464 e. The first-order valence-corrected chi connectivity index (χ1v) is 6.20. The molecule has 0 radical (unpaired) electrons. The van der Waals surface area contributed by atoms with Crippen LogP contribution in [-0.4, -0.2) is 18.1 Å². The van der Waals surface area contributed by atoms with Crippen molar-refractivity contribution in [3.05, 3.63) is 26.5 Å². The van der Waals surface area contributed by atoms with Crippen molar-refractivity contribution in [2.45, 2.75) is 0 Å². The first-order chi connectivity index (χ1) is 7.61. The topological polar surface area (TPSA) is 55.2 Å². The Kier molecular flexibility index (Phi) is 3.27. The van der Waals surface area contributed by atoms with Gasteiger partial charge in [-0.05, 0) is 40.3 Å². The molecule has 0 amide bonds. The van der Waals surface area contributed by atoms with E-state index in [0.717, 1.165) is 0 Å². The van der Waals surface area contributed by atoms with Crippen molar-refractivity contribution in [2.24, 2.45) is 0 Å². The number of hydrogen-bond acceptors (Lipinski definition) is 5. The fourth-order valence-electron chi connectivity index (χ4n) is 1.18. The third-order valence-electron chi connectivity index (χ3n) is 1.84. The monoisotopic (exact) mass is 319 g/mol. The second-order valence-corrected chi connectivity index (χ2v) is 5.28. The van der Waals surface area contributed by atoms with Gasteiger partial charge in [0.25, 0.3) is 0 Å². The van der Waals surface area contributed by atoms with Crippen LogP contribution in [0.3, 0.4) is 0 Å². The zero-order valence-electron chi connectivity index (χ0n) is 8.07. The van der Waals surface area contributed by atoms with Crippen molar-refractivity contribution in [2.75, 3.05) is 7.11 Å². The highest BCUT2D eigenvalue weighted by Gasteiger charge is 2.19. The number of aromatic amines is 1. The van der Waals surface area contributed by atoms with Gasteiger partial charge in [-0.3, -0.25) is 0 Å². The van der Waals surface area contributed by atoms with Crippen molar-refractivity contribution >= 4 is 45.5 Å². The fourth-order valence-corrected chi connectivity index (χ4v) is 2.63. The molecule has 2 rings (SSSR count). The minimum atomic E-state index is -0.463. The van der Waals surface area contributed by atoms with Gasteiger partial charge in [-0.15, -0.1) is 11.3 Å². The van der Waals surface area contributed by atoms with Crippen LogP contribution in [0, 0.1) is 3.95 Å². The molecule has 0 spiro atoms. The summed E-state index contributed by atoms with van der Waals surface area (Å²) in [7, 11) is 1.32. The zero-order valence-corrected chi connectivity index (χ0v) is 11.3. The van der Waals surface area contributed by atoms with Gasteiger partial charge in [-0.25, -0.2) is 4.79 Å². The van der Waals surface area contributed by atoms with E-state index in [1.807, 2.05) is 0 Å². The van der Waals surface area contributed by atoms with Crippen molar-refractivity contribution in [3.63, 3.8) is 0 Å². The number of furan rings is 1. The average Bonchev–Trinajstić information content (AvgIpc) is 2.83. The summed E-state index contributed by atoms with van der Waals surface area (Å²) in [5.41, 5.74) is 0.319. The number of ether oxygens (including phenoxy) is 1. The molecule has 2 heterocycles. The molecule has 0 aromatic carbocycles. The highest BCUT2D eigenvalue weighted by Crippen LogP contribution is 2.32. The smallest absolute Gasteiger partial charge is 0.356 e. The van der Waals surface area contributed by atoms with E-state index in [2.05, 4.69) is 25.7 Å². The van der Waals surface area contributed by atoms with Crippen LogP contribution in [0.25, 0.3) is 10.6 Å². The van der Waals surface area contributed by atoms with Gasteiger partial charge in [-0.2, -0.15) is 0 Å². The van der Waals surface area contributed by atoms with Gasteiger partial charge in [0.2, 0.25) is 0 Å². The Bertz CT molecular complexity index is 584. The summed E-state index contributed by atoms with van der Waals surface area (Å²) in [4.78, 5) is 14.9. The number of esters is 1. The molecule has 0 saturated heterocycles. The molecule has 0 aliphatic carbocycles. The quantitative estimate of drug-likeness (QED) is 0.678. The normalized spacial score (nSPS) is 10.4. The molecule has 0 bridgehead atoms. The molecule has 0 unspecified atom stereocenters. The zero-order chi connectivity index (χ0) is 11.7. The maximum atomic E-state index is 11.5. The van der Waals surface area contributed by atoms with E-state index in [4.69, 9.17) is 16.6 Å². The minimum absolute atomic E-state index is 0.319.